The number of aliphatic carboxylic acids is 1. The molecule has 1 saturated heterocycles. The van der Waals surface area contributed by atoms with Crippen LogP contribution < -0.4 is 0 Å². The summed E-state index contributed by atoms with van der Waals surface area (Å²) in [6, 6.07) is 0.736. The fourth-order valence-electron chi connectivity index (χ4n) is 1.76. The third-order valence-electron chi connectivity index (χ3n) is 2.63. The van der Waals surface area contributed by atoms with Gasteiger partial charge in [-0.05, 0) is 25.8 Å². The number of rotatable bonds is 2. The lowest BCUT2D eigenvalue weighted by Crippen LogP contribution is -2.24. The Labute approximate surface area is 66.0 Å². The Kier molecular flexibility index (Phi) is 1.60. The molecule has 1 saturated carbocycles. The molecule has 2 fully saturated rings. The molecule has 1 heterocycles. The minimum absolute atomic E-state index is 0.0874. The zero-order chi connectivity index (χ0) is 7.84. The highest BCUT2D eigenvalue weighted by atomic mass is 16.4. The van der Waals surface area contributed by atoms with Crippen molar-refractivity contribution in [3.63, 3.8) is 0 Å². The van der Waals surface area contributed by atoms with Gasteiger partial charge in [-0.25, -0.2) is 0 Å². The summed E-state index contributed by atoms with van der Waals surface area (Å²) in [4.78, 5) is 12.9. The summed E-state index contributed by atoms with van der Waals surface area (Å²) in [6.45, 7) is 1.79. The first-order valence-electron chi connectivity index (χ1n) is 4.24. The van der Waals surface area contributed by atoms with Crippen LogP contribution in [0.3, 0.4) is 0 Å². The van der Waals surface area contributed by atoms with Gasteiger partial charge < -0.3 is 5.11 Å². The number of carboxylic acids is 1. The first-order valence-corrected chi connectivity index (χ1v) is 4.24. The largest absolute Gasteiger partial charge is 0.481 e. The van der Waals surface area contributed by atoms with E-state index in [4.69, 9.17) is 5.11 Å². The molecule has 3 heteroatoms. The summed E-state index contributed by atoms with van der Waals surface area (Å²) in [5, 5.41) is 8.71. The van der Waals surface area contributed by atoms with Crippen molar-refractivity contribution >= 4 is 5.97 Å². The molecular formula is C8H13NO2. The normalized spacial score (nSPS) is 32.5. The Morgan fingerprint density at radius 2 is 2.09 bits per heavy atom. The molecule has 0 spiro atoms. The number of hydrogen-bond acceptors (Lipinski definition) is 2. The molecule has 62 valence electrons. The highest BCUT2D eigenvalue weighted by Crippen LogP contribution is 2.31. The van der Waals surface area contributed by atoms with E-state index in [0.717, 1.165) is 25.6 Å². The van der Waals surface area contributed by atoms with Crippen molar-refractivity contribution in [2.75, 3.05) is 13.1 Å². The minimum Gasteiger partial charge on any atom is -0.481 e. The highest BCUT2D eigenvalue weighted by Gasteiger charge is 2.36. The van der Waals surface area contributed by atoms with Crippen molar-refractivity contribution < 1.29 is 9.90 Å². The lowest BCUT2D eigenvalue weighted by molar-refractivity contribution is -0.141. The summed E-state index contributed by atoms with van der Waals surface area (Å²) >= 11 is 0. The van der Waals surface area contributed by atoms with E-state index < -0.39 is 5.97 Å². The van der Waals surface area contributed by atoms with Crippen molar-refractivity contribution in [2.45, 2.75) is 25.3 Å². The Bertz CT molecular complexity index is 177. The first kappa shape index (κ1) is 7.10. The molecule has 2 rings (SSSR count). The van der Waals surface area contributed by atoms with Gasteiger partial charge in [0, 0.05) is 12.6 Å². The van der Waals surface area contributed by atoms with Crippen LogP contribution in [0.4, 0.5) is 0 Å². The highest BCUT2D eigenvalue weighted by molar-refractivity contribution is 5.70. The van der Waals surface area contributed by atoms with Gasteiger partial charge in [-0.3, -0.25) is 9.69 Å². The van der Waals surface area contributed by atoms with Crippen LogP contribution in [-0.4, -0.2) is 35.1 Å². The molecule has 0 aromatic carbocycles. The van der Waals surface area contributed by atoms with E-state index in [0.29, 0.717) is 0 Å². The number of carbonyl (C=O) groups is 1. The van der Waals surface area contributed by atoms with Gasteiger partial charge in [-0.2, -0.15) is 0 Å². The maximum absolute atomic E-state index is 10.6. The van der Waals surface area contributed by atoms with Crippen LogP contribution in [0.5, 0.6) is 0 Å². The lowest BCUT2D eigenvalue weighted by Gasteiger charge is -2.12. The predicted octanol–water partition coefficient (Wildman–Crippen LogP) is 0.555. The average Bonchev–Trinajstić information content (AvgIpc) is 2.68. The molecule has 0 aromatic heterocycles. The third kappa shape index (κ3) is 1.38. The fourth-order valence-corrected chi connectivity index (χ4v) is 1.76. The van der Waals surface area contributed by atoms with Gasteiger partial charge in [-0.15, -0.1) is 0 Å². The summed E-state index contributed by atoms with van der Waals surface area (Å²) in [5.74, 6) is -0.705. The van der Waals surface area contributed by atoms with Crippen LogP contribution >= 0.6 is 0 Å². The van der Waals surface area contributed by atoms with Crippen LogP contribution in [0.25, 0.3) is 0 Å². The average molecular weight is 155 g/mol. The molecule has 0 amide bonds. The van der Waals surface area contributed by atoms with Crippen LogP contribution in [0.15, 0.2) is 0 Å². The van der Waals surface area contributed by atoms with Crippen molar-refractivity contribution in [3.8, 4) is 0 Å². The van der Waals surface area contributed by atoms with Gasteiger partial charge in [0.15, 0.2) is 0 Å². The molecule has 1 aliphatic carbocycles. The predicted molar refractivity (Wildman–Crippen MR) is 40.3 cm³/mol. The number of hydrogen-bond donors (Lipinski definition) is 1. The zero-order valence-corrected chi connectivity index (χ0v) is 6.49. The topological polar surface area (TPSA) is 40.5 Å². The molecule has 1 aliphatic heterocycles. The molecule has 11 heavy (non-hydrogen) atoms. The van der Waals surface area contributed by atoms with Crippen LogP contribution in [-0.2, 0) is 4.79 Å². The van der Waals surface area contributed by atoms with Crippen molar-refractivity contribution in [1.29, 1.82) is 0 Å². The maximum Gasteiger partial charge on any atom is 0.307 e. The molecule has 3 nitrogen and oxygen atoms in total. The van der Waals surface area contributed by atoms with Crippen molar-refractivity contribution in [1.82, 2.24) is 4.90 Å². The molecule has 0 aromatic rings. The second-order valence-corrected chi connectivity index (χ2v) is 3.55. The monoisotopic (exact) mass is 155 g/mol. The van der Waals surface area contributed by atoms with Gasteiger partial charge in [-0.1, -0.05) is 0 Å². The summed E-state index contributed by atoms with van der Waals surface area (Å²) in [6.07, 6.45) is 3.42. The summed E-state index contributed by atoms with van der Waals surface area (Å²) in [7, 11) is 0. The van der Waals surface area contributed by atoms with Gasteiger partial charge in [0.1, 0.15) is 0 Å². The van der Waals surface area contributed by atoms with E-state index in [9.17, 15) is 4.79 Å². The third-order valence-corrected chi connectivity index (χ3v) is 2.63. The lowest BCUT2D eigenvalue weighted by atomic mass is 10.1. The number of likely N-dealkylation sites (tertiary alicyclic amines) is 1. The Hall–Kier alpha value is -0.570. The van der Waals surface area contributed by atoms with Crippen molar-refractivity contribution in [2.24, 2.45) is 5.92 Å². The zero-order valence-electron chi connectivity index (χ0n) is 6.49. The van der Waals surface area contributed by atoms with Crippen LogP contribution in [0.1, 0.15) is 19.3 Å². The van der Waals surface area contributed by atoms with E-state index in [2.05, 4.69) is 4.90 Å². The van der Waals surface area contributed by atoms with E-state index in [1.807, 2.05) is 0 Å². The fraction of sp³-hybridized carbons (Fsp3) is 0.875. The summed E-state index contributed by atoms with van der Waals surface area (Å²) in [5.41, 5.74) is 0. The van der Waals surface area contributed by atoms with Gasteiger partial charge in [0.25, 0.3) is 0 Å². The molecule has 0 bridgehead atoms. The molecule has 0 unspecified atom stereocenters. The summed E-state index contributed by atoms with van der Waals surface area (Å²) < 4.78 is 0. The SMILES string of the molecule is O=C(O)[C@@H]1CCN(C2CC2)C1. The first-order chi connectivity index (χ1) is 5.27. The van der Waals surface area contributed by atoms with Crippen LogP contribution in [0, 0.1) is 5.92 Å². The quantitative estimate of drug-likeness (QED) is 0.633. The second-order valence-electron chi connectivity index (χ2n) is 3.55. The van der Waals surface area contributed by atoms with Crippen molar-refractivity contribution in [3.05, 3.63) is 0 Å². The Morgan fingerprint density at radius 1 is 1.36 bits per heavy atom. The molecule has 0 radical (unpaired) electrons. The number of carboxylic acid groups (broad SMARTS) is 1. The Morgan fingerprint density at radius 3 is 2.55 bits per heavy atom. The van der Waals surface area contributed by atoms with Gasteiger partial charge in [0.05, 0.1) is 5.92 Å². The molecule has 2 aliphatic rings. The minimum atomic E-state index is -0.617. The smallest absolute Gasteiger partial charge is 0.307 e. The van der Waals surface area contributed by atoms with E-state index in [-0.39, 0.29) is 5.92 Å². The van der Waals surface area contributed by atoms with Gasteiger partial charge >= 0.3 is 5.97 Å². The molecule has 1 N–H and O–H groups in total. The van der Waals surface area contributed by atoms with E-state index >= 15 is 0 Å². The molecular weight excluding hydrogens is 142 g/mol. The van der Waals surface area contributed by atoms with Crippen LogP contribution in [0.2, 0.25) is 0 Å². The van der Waals surface area contributed by atoms with E-state index in [1.165, 1.54) is 12.8 Å². The molecule has 1 atom stereocenters. The second kappa shape index (κ2) is 2.48. The Balaban J connectivity index is 1.87. The van der Waals surface area contributed by atoms with Gasteiger partial charge in [0.2, 0.25) is 0 Å². The number of nitrogens with zero attached hydrogens (tertiary/aromatic N) is 1. The standard InChI is InChI=1S/C8H13NO2/c10-8(11)6-3-4-9(5-6)7-1-2-7/h6-7H,1-5H2,(H,10,11)/t6-/m1/s1. The maximum atomic E-state index is 10.6. The van der Waals surface area contributed by atoms with E-state index in [1.54, 1.807) is 0 Å².